The molecule has 0 aromatic carbocycles. The molecule has 1 atom stereocenters. The summed E-state index contributed by atoms with van der Waals surface area (Å²) in [6, 6.07) is -0.989. The predicted octanol–water partition coefficient (Wildman–Crippen LogP) is 2.22. The molecule has 2 rings (SSSR count). The molecule has 1 saturated heterocycles. The van der Waals surface area contributed by atoms with Crippen molar-refractivity contribution in [3.8, 4) is 0 Å². The predicted molar refractivity (Wildman–Crippen MR) is 72.0 cm³/mol. The van der Waals surface area contributed by atoms with Gasteiger partial charge in [0, 0.05) is 13.1 Å². The van der Waals surface area contributed by atoms with Gasteiger partial charge in [-0.3, -0.25) is 0 Å². The van der Waals surface area contributed by atoms with Gasteiger partial charge in [-0.15, -0.1) is 0 Å². The van der Waals surface area contributed by atoms with E-state index in [-0.39, 0.29) is 6.03 Å². The summed E-state index contributed by atoms with van der Waals surface area (Å²) in [6.45, 7) is 3.30. The maximum absolute atomic E-state index is 12.0. The topological polar surface area (TPSA) is 69.6 Å². The lowest BCUT2D eigenvalue weighted by Gasteiger charge is -2.39. The Labute approximate surface area is 114 Å². The van der Waals surface area contributed by atoms with Crippen molar-refractivity contribution in [1.82, 2.24) is 10.2 Å². The fraction of sp³-hybridized carbons (Fsp3) is 0.857. The van der Waals surface area contributed by atoms with Gasteiger partial charge in [0.15, 0.2) is 0 Å². The molecule has 1 spiro atoms. The molecule has 2 N–H and O–H groups in total. The SMILES string of the molecule is CC[C@@H](NC(=O)N1CCC2(CCCC2)CC1)C(=O)O. The smallest absolute Gasteiger partial charge is 0.326 e. The number of aliphatic carboxylic acids is 1. The summed E-state index contributed by atoms with van der Waals surface area (Å²) >= 11 is 0. The Morgan fingerprint density at radius 3 is 2.26 bits per heavy atom. The van der Waals surface area contributed by atoms with Crippen LogP contribution in [0.25, 0.3) is 0 Å². The number of carboxylic acids is 1. The number of likely N-dealkylation sites (tertiary alicyclic amines) is 1. The summed E-state index contributed by atoms with van der Waals surface area (Å²) in [4.78, 5) is 24.7. The number of piperidine rings is 1. The summed E-state index contributed by atoms with van der Waals surface area (Å²) in [6.07, 6.45) is 7.81. The first-order valence-corrected chi connectivity index (χ1v) is 7.34. The lowest BCUT2D eigenvalue weighted by molar-refractivity contribution is -0.139. The zero-order valence-corrected chi connectivity index (χ0v) is 11.7. The molecule has 2 fully saturated rings. The van der Waals surface area contributed by atoms with Crippen LogP contribution in [0, 0.1) is 5.41 Å². The Balaban J connectivity index is 1.83. The Morgan fingerprint density at radius 2 is 1.79 bits per heavy atom. The summed E-state index contributed by atoms with van der Waals surface area (Å²) in [5.41, 5.74) is 0.480. The molecule has 1 heterocycles. The molecular formula is C14H24N2O3. The van der Waals surface area contributed by atoms with Gasteiger partial charge in [-0.05, 0) is 37.5 Å². The Bertz CT molecular complexity index is 341. The minimum absolute atomic E-state index is 0.220. The second-order valence-corrected chi connectivity index (χ2v) is 5.94. The van der Waals surface area contributed by atoms with E-state index in [4.69, 9.17) is 5.11 Å². The second kappa shape index (κ2) is 5.80. The standard InChI is InChI=1S/C14H24N2O3/c1-2-11(12(17)18)15-13(19)16-9-7-14(8-10-16)5-3-4-6-14/h11H,2-10H2,1H3,(H,15,19)(H,17,18)/t11-/m1/s1. The number of urea groups is 1. The van der Waals surface area contributed by atoms with Crippen molar-refractivity contribution in [3.63, 3.8) is 0 Å². The highest BCUT2D eigenvalue weighted by atomic mass is 16.4. The number of rotatable bonds is 3. The van der Waals surface area contributed by atoms with E-state index >= 15 is 0 Å². The van der Waals surface area contributed by atoms with Crippen molar-refractivity contribution < 1.29 is 14.7 Å². The molecule has 0 aromatic heterocycles. The molecule has 1 saturated carbocycles. The molecule has 0 radical (unpaired) electrons. The van der Waals surface area contributed by atoms with E-state index in [2.05, 4.69) is 5.32 Å². The molecule has 1 aliphatic heterocycles. The number of amides is 2. The molecule has 2 amide bonds. The van der Waals surface area contributed by atoms with Crippen LogP contribution in [0.15, 0.2) is 0 Å². The summed E-state index contributed by atoms with van der Waals surface area (Å²) in [5, 5.41) is 11.6. The fourth-order valence-corrected chi connectivity index (χ4v) is 3.39. The molecule has 0 unspecified atom stereocenters. The number of carbonyl (C=O) groups is 2. The van der Waals surface area contributed by atoms with E-state index in [1.54, 1.807) is 11.8 Å². The lowest BCUT2D eigenvalue weighted by Crippen LogP contribution is -2.51. The maximum Gasteiger partial charge on any atom is 0.326 e. The lowest BCUT2D eigenvalue weighted by atomic mass is 9.77. The third-order valence-electron chi connectivity index (χ3n) is 4.78. The van der Waals surface area contributed by atoms with Crippen molar-refractivity contribution in [2.24, 2.45) is 5.41 Å². The molecule has 1 aliphatic carbocycles. The third-order valence-corrected chi connectivity index (χ3v) is 4.78. The normalized spacial score (nSPS) is 23.3. The first kappa shape index (κ1) is 14.2. The van der Waals surface area contributed by atoms with Crippen LogP contribution in [0.1, 0.15) is 51.9 Å². The second-order valence-electron chi connectivity index (χ2n) is 5.94. The molecule has 2 aliphatic rings. The minimum Gasteiger partial charge on any atom is -0.480 e. The molecule has 0 aromatic rings. The first-order chi connectivity index (χ1) is 9.06. The van der Waals surface area contributed by atoms with Gasteiger partial charge in [-0.1, -0.05) is 19.8 Å². The first-order valence-electron chi connectivity index (χ1n) is 7.34. The van der Waals surface area contributed by atoms with Crippen LogP contribution in [-0.2, 0) is 4.79 Å². The maximum atomic E-state index is 12.0. The Hall–Kier alpha value is -1.26. The van der Waals surface area contributed by atoms with E-state index < -0.39 is 12.0 Å². The number of hydrogen-bond donors (Lipinski definition) is 2. The van der Waals surface area contributed by atoms with E-state index in [9.17, 15) is 9.59 Å². The molecule has 19 heavy (non-hydrogen) atoms. The van der Waals surface area contributed by atoms with Crippen molar-refractivity contribution in [1.29, 1.82) is 0 Å². The Morgan fingerprint density at radius 1 is 1.21 bits per heavy atom. The highest BCUT2D eigenvalue weighted by Crippen LogP contribution is 2.46. The van der Waals surface area contributed by atoms with Crippen molar-refractivity contribution in [3.05, 3.63) is 0 Å². The van der Waals surface area contributed by atoms with Crippen LogP contribution in [0.5, 0.6) is 0 Å². The van der Waals surface area contributed by atoms with Gasteiger partial charge in [-0.25, -0.2) is 9.59 Å². The summed E-state index contributed by atoms with van der Waals surface area (Å²) in [7, 11) is 0. The fourth-order valence-electron chi connectivity index (χ4n) is 3.39. The van der Waals surface area contributed by atoms with Gasteiger partial charge in [0.05, 0.1) is 0 Å². The molecule has 0 bridgehead atoms. The van der Waals surface area contributed by atoms with Crippen molar-refractivity contribution in [2.75, 3.05) is 13.1 Å². The monoisotopic (exact) mass is 268 g/mol. The summed E-state index contributed by atoms with van der Waals surface area (Å²) in [5.74, 6) is -0.958. The van der Waals surface area contributed by atoms with Gasteiger partial charge < -0.3 is 15.3 Å². The van der Waals surface area contributed by atoms with Crippen molar-refractivity contribution >= 4 is 12.0 Å². The van der Waals surface area contributed by atoms with E-state index in [0.29, 0.717) is 11.8 Å². The van der Waals surface area contributed by atoms with Crippen LogP contribution in [0.2, 0.25) is 0 Å². The zero-order valence-electron chi connectivity index (χ0n) is 11.7. The van der Waals surface area contributed by atoms with E-state index in [1.807, 2.05) is 0 Å². The van der Waals surface area contributed by atoms with Gasteiger partial charge >= 0.3 is 12.0 Å². The number of nitrogens with zero attached hydrogens (tertiary/aromatic N) is 1. The van der Waals surface area contributed by atoms with Crippen LogP contribution in [0.4, 0.5) is 4.79 Å². The van der Waals surface area contributed by atoms with E-state index in [1.165, 1.54) is 25.7 Å². The third kappa shape index (κ3) is 3.19. The highest BCUT2D eigenvalue weighted by molar-refractivity contribution is 5.82. The molecule has 5 heteroatoms. The highest BCUT2D eigenvalue weighted by Gasteiger charge is 2.38. The zero-order chi connectivity index (χ0) is 13.9. The summed E-state index contributed by atoms with van der Waals surface area (Å²) < 4.78 is 0. The van der Waals surface area contributed by atoms with Gasteiger partial charge in [0.1, 0.15) is 6.04 Å². The van der Waals surface area contributed by atoms with Crippen LogP contribution in [0.3, 0.4) is 0 Å². The quantitative estimate of drug-likeness (QED) is 0.824. The average molecular weight is 268 g/mol. The average Bonchev–Trinajstić information content (AvgIpc) is 2.84. The van der Waals surface area contributed by atoms with Gasteiger partial charge in [-0.2, -0.15) is 0 Å². The number of carbonyl (C=O) groups excluding carboxylic acids is 1. The molecule has 108 valence electrons. The Kier molecular flexibility index (Phi) is 4.32. The van der Waals surface area contributed by atoms with Gasteiger partial charge in [0.2, 0.25) is 0 Å². The number of carboxylic acid groups (broad SMARTS) is 1. The number of nitrogens with one attached hydrogen (secondary N) is 1. The largest absolute Gasteiger partial charge is 0.480 e. The minimum atomic E-state index is -0.958. The van der Waals surface area contributed by atoms with Crippen LogP contribution < -0.4 is 5.32 Å². The van der Waals surface area contributed by atoms with Crippen molar-refractivity contribution in [2.45, 2.75) is 57.9 Å². The molecule has 5 nitrogen and oxygen atoms in total. The van der Waals surface area contributed by atoms with Crippen LogP contribution in [-0.4, -0.2) is 41.1 Å². The molecular weight excluding hydrogens is 244 g/mol. The number of hydrogen-bond acceptors (Lipinski definition) is 2. The van der Waals surface area contributed by atoms with E-state index in [0.717, 1.165) is 25.9 Å². The van der Waals surface area contributed by atoms with Crippen LogP contribution >= 0.6 is 0 Å². The van der Waals surface area contributed by atoms with Gasteiger partial charge in [0.25, 0.3) is 0 Å².